The quantitative estimate of drug-likeness (QED) is 0.663. The summed E-state index contributed by atoms with van der Waals surface area (Å²) in [6, 6.07) is 9.17. The molecular formula is C19H24N4O4S. The molecule has 2 aromatic rings. The van der Waals surface area contributed by atoms with Crippen LogP contribution < -0.4 is 15.6 Å². The summed E-state index contributed by atoms with van der Waals surface area (Å²) in [4.78, 5) is 23.6. The molecular weight excluding hydrogens is 380 g/mol. The first kappa shape index (κ1) is 20.2. The minimum atomic E-state index is -3.72. The van der Waals surface area contributed by atoms with Gasteiger partial charge in [0.25, 0.3) is 5.56 Å². The van der Waals surface area contributed by atoms with E-state index in [1.54, 1.807) is 18.2 Å². The third-order valence-electron chi connectivity index (χ3n) is 4.42. The maximum absolute atomic E-state index is 12.4. The molecule has 150 valence electrons. The van der Waals surface area contributed by atoms with Crippen LogP contribution in [0.15, 0.2) is 46.1 Å². The third kappa shape index (κ3) is 5.26. The second-order valence-electron chi connectivity index (χ2n) is 6.81. The number of carbonyl (C=O) groups is 1. The van der Waals surface area contributed by atoms with Gasteiger partial charge in [0, 0.05) is 30.6 Å². The minimum absolute atomic E-state index is 0.0539. The molecule has 1 fully saturated rings. The zero-order valence-electron chi connectivity index (χ0n) is 15.7. The van der Waals surface area contributed by atoms with Gasteiger partial charge in [-0.25, -0.2) is 17.8 Å². The van der Waals surface area contributed by atoms with Gasteiger partial charge in [-0.15, -0.1) is 0 Å². The molecule has 28 heavy (non-hydrogen) atoms. The summed E-state index contributed by atoms with van der Waals surface area (Å²) < 4.78 is 28.6. The minimum Gasteiger partial charge on any atom is -0.326 e. The van der Waals surface area contributed by atoms with E-state index in [1.807, 2.05) is 6.92 Å². The largest absolute Gasteiger partial charge is 0.326 e. The van der Waals surface area contributed by atoms with Crippen LogP contribution in [0.2, 0.25) is 0 Å². The molecule has 1 aliphatic rings. The van der Waals surface area contributed by atoms with Gasteiger partial charge in [-0.2, -0.15) is 5.10 Å². The molecule has 8 nitrogen and oxygen atoms in total. The molecule has 1 heterocycles. The first-order chi connectivity index (χ1) is 13.4. The predicted molar refractivity (Wildman–Crippen MR) is 106 cm³/mol. The normalized spacial score (nSPS) is 14.0. The van der Waals surface area contributed by atoms with Crippen molar-refractivity contribution in [1.82, 2.24) is 14.5 Å². The first-order valence-corrected chi connectivity index (χ1v) is 10.8. The maximum Gasteiger partial charge on any atom is 0.266 e. The third-order valence-corrected chi connectivity index (χ3v) is 5.90. The van der Waals surface area contributed by atoms with E-state index < -0.39 is 10.0 Å². The van der Waals surface area contributed by atoms with Crippen molar-refractivity contribution >= 4 is 21.6 Å². The predicted octanol–water partition coefficient (Wildman–Crippen LogP) is 1.84. The fourth-order valence-corrected chi connectivity index (χ4v) is 3.78. The van der Waals surface area contributed by atoms with Crippen LogP contribution in [-0.4, -0.2) is 30.7 Å². The summed E-state index contributed by atoms with van der Waals surface area (Å²) in [7, 11) is -3.72. The fourth-order valence-electron chi connectivity index (χ4n) is 2.76. The molecule has 0 spiro atoms. The van der Waals surface area contributed by atoms with E-state index in [0.29, 0.717) is 18.0 Å². The lowest BCUT2D eigenvalue weighted by Crippen LogP contribution is -2.32. The fraction of sp³-hybridized carbons (Fsp3) is 0.421. The lowest BCUT2D eigenvalue weighted by atomic mass is 10.3. The van der Waals surface area contributed by atoms with E-state index in [9.17, 15) is 18.0 Å². The number of carbonyl (C=O) groups excluding carboxylic acids is 1. The smallest absolute Gasteiger partial charge is 0.266 e. The SMILES string of the molecule is CCCC(=O)Nc1ccc(S(=O)(=O)NCCn2nc(C3CC3)ccc2=O)cc1. The van der Waals surface area contributed by atoms with Crippen molar-refractivity contribution in [2.75, 3.05) is 11.9 Å². The number of benzene rings is 1. The molecule has 3 rings (SSSR count). The standard InChI is InChI=1S/C19H24N4O4S/c1-2-3-18(24)21-15-6-8-16(9-7-15)28(26,27)20-12-13-23-19(25)11-10-17(22-23)14-4-5-14/h6-11,14,20H,2-5,12-13H2,1H3,(H,21,24). The Labute approximate surface area is 164 Å². The van der Waals surface area contributed by atoms with Gasteiger partial charge >= 0.3 is 0 Å². The molecule has 0 bridgehead atoms. The van der Waals surface area contributed by atoms with Gasteiger partial charge in [0.2, 0.25) is 15.9 Å². The first-order valence-electron chi connectivity index (χ1n) is 9.36. The molecule has 0 saturated heterocycles. The van der Waals surface area contributed by atoms with Gasteiger partial charge in [0.1, 0.15) is 0 Å². The van der Waals surface area contributed by atoms with E-state index in [1.165, 1.54) is 22.9 Å². The van der Waals surface area contributed by atoms with E-state index in [0.717, 1.165) is 25.0 Å². The van der Waals surface area contributed by atoms with Crippen LogP contribution in [0.5, 0.6) is 0 Å². The molecule has 9 heteroatoms. The van der Waals surface area contributed by atoms with Gasteiger partial charge in [0.05, 0.1) is 17.1 Å². The maximum atomic E-state index is 12.4. The van der Waals surface area contributed by atoms with E-state index in [-0.39, 0.29) is 29.5 Å². The summed E-state index contributed by atoms with van der Waals surface area (Å²) in [6.07, 6.45) is 3.31. The van der Waals surface area contributed by atoms with Crippen LogP contribution in [-0.2, 0) is 21.4 Å². The summed E-state index contributed by atoms with van der Waals surface area (Å²) in [5.41, 5.74) is 1.17. The van der Waals surface area contributed by atoms with Crippen LogP contribution in [0.1, 0.15) is 44.2 Å². The highest BCUT2D eigenvalue weighted by Crippen LogP contribution is 2.38. The molecule has 0 radical (unpaired) electrons. The number of nitrogens with zero attached hydrogens (tertiary/aromatic N) is 2. The average molecular weight is 404 g/mol. The van der Waals surface area contributed by atoms with Crippen LogP contribution in [0.25, 0.3) is 0 Å². The van der Waals surface area contributed by atoms with Gasteiger partial charge < -0.3 is 5.32 Å². The summed E-state index contributed by atoms with van der Waals surface area (Å²) in [6.45, 7) is 2.12. The van der Waals surface area contributed by atoms with Crippen molar-refractivity contribution in [2.45, 2.75) is 50.0 Å². The molecule has 1 aliphatic carbocycles. The van der Waals surface area contributed by atoms with E-state index in [4.69, 9.17) is 0 Å². The molecule has 1 aromatic heterocycles. The molecule has 0 atom stereocenters. The lowest BCUT2D eigenvalue weighted by molar-refractivity contribution is -0.116. The van der Waals surface area contributed by atoms with Crippen molar-refractivity contribution in [3.63, 3.8) is 0 Å². The Hall–Kier alpha value is -2.52. The van der Waals surface area contributed by atoms with Gasteiger partial charge in [-0.05, 0) is 49.6 Å². The lowest BCUT2D eigenvalue weighted by Gasteiger charge is -2.10. The zero-order chi connectivity index (χ0) is 20.1. The molecule has 1 aromatic carbocycles. The average Bonchev–Trinajstić information content (AvgIpc) is 3.49. The van der Waals surface area contributed by atoms with Crippen molar-refractivity contribution in [3.8, 4) is 0 Å². The second kappa shape index (κ2) is 8.66. The molecule has 1 amide bonds. The molecule has 2 N–H and O–H groups in total. The summed E-state index contributed by atoms with van der Waals surface area (Å²) in [5.74, 6) is 0.308. The Bertz CT molecular complexity index is 995. The van der Waals surface area contributed by atoms with E-state index in [2.05, 4.69) is 15.1 Å². The highest BCUT2D eigenvalue weighted by atomic mass is 32.2. The highest BCUT2D eigenvalue weighted by molar-refractivity contribution is 7.89. The van der Waals surface area contributed by atoms with Crippen molar-refractivity contribution in [1.29, 1.82) is 0 Å². The van der Waals surface area contributed by atoms with Gasteiger partial charge in [-0.3, -0.25) is 9.59 Å². The topological polar surface area (TPSA) is 110 Å². The number of aromatic nitrogens is 2. The Morgan fingerprint density at radius 1 is 1.18 bits per heavy atom. The number of rotatable bonds is 9. The number of nitrogens with one attached hydrogen (secondary N) is 2. The van der Waals surface area contributed by atoms with Gasteiger partial charge in [-0.1, -0.05) is 6.92 Å². The summed E-state index contributed by atoms with van der Waals surface area (Å²) in [5, 5.41) is 7.02. The van der Waals surface area contributed by atoms with Crippen molar-refractivity contribution in [2.24, 2.45) is 0 Å². The highest BCUT2D eigenvalue weighted by Gasteiger charge is 2.25. The van der Waals surface area contributed by atoms with Crippen LogP contribution in [0.4, 0.5) is 5.69 Å². The molecule has 0 aliphatic heterocycles. The number of anilines is 1. The Kier molecular flexibility index (Phi) is 6.25. The van der Waals surface area contributed by atoms with Crippen LogP contribution in [0, 0.1) is 0 Å². The number of sulfonamides is 1. The van der Waals surface area contributed by atoms with Crippen molar-refractivity contribution < 1.29 is 13.2 Å². The summed E-state index contributed by atoms with van der Waals surface area (Å²) >= 11 is 0. The molecule has 0 unspecified atom stereocenters. The number of amides is 1. The second-order valence-corrected chi connectivity index (χ2v) is 8.58. The van der Waals surface area contributed by atoms with Crippen LogP contribution in [0.3, 0.4) is 0 Å². The number of hydrogen-bond acceptors (Lipinski definition) is 5. The van der Waals surface area contributed by atoms with Gasteiger partial charge in [0.15, 0.2) is 0 Å². The van der Waals surface area contributed by atoms with Crippen molar-refractivity contribution in [3.05, 3.63) is 52.4 Å². The molecule has 1 saturated carbocycles. The zero-order valence-corrected chi connectivity index (χ0v) is 16.5. The Balaban J connectivity index is 1.59. The Morgan fingerprint density at radius 2 is 1.89 bits per heavy atom. The number of hydrogen-bond donors (Lipinski definition) is 2. The monoisotopic (exact) mass is 404 g/mol. The Morgan fingerprint density at radius 3 is 2.54 bits per heavy atom. The van der Waals surface area contributed by atoms with Crippen LogP contribution >= 0.6 is 0 Å². The van der Waals surface area contributed by atoms with E-state index >= 15 is 0 Å².